The molecule has 0 saturated carbocycles. The molecule has 1 aromatic heterocycles. The van der Waals surface area contributed by atoms with E-state index in [-0.39, 0.29) is 11.8 Å². The van der Waals surface area contributed by atoms with E-state index in [1.807, 2.05) is 55.3 Å². The van der Waals surface area contributed by atoms with Crippen LogP contribution in [0.25, 0.3) is 0 Å². The molecule has 0 aliphatic carbocycles. The normalized spacial score (nSPS) is 26.7. The second-order valence-corrected chi connectivity index (χ2v) is 7.97. The van der Waals surface area contributed by atoms with Gasteiger partial charge < -0.3 is 14.5 Å². The van der Waals surface area contributed by atoms with Crippen molar-refractivity contribution < 1.29 is 14.4 Å². The summed E-state index contributed by atoms with van der Waals surface area (Å²) in [6.07, 6.45) is 4.23. The van der Waals surface area contributed by atoms with Gasteiger partial charge in [-0.25, -0.2) is 4.68 Å². The number of amides is 1. The minimum absolute atomic E-state index is 0.186. The molecular weight excluding hydrogens is 342 g/mol. The summed E-state index contributed by atoms with van der Waals surface area (Å²) in [6, 6.07) is 10.3. The van der Waals surface area contributed by atoms with E-state index < -0.39 is 0 Å². The lowest BCUT2D eigenvalue weighted by Crippen LogP contribution is -3.20. The summed E-state index contributed by atoms with van der Waals surface area (Å²) < 4.78 is 7.68. The molecule has 3 aliphatic rings. The number of hydrogen-bond acceptors (Lipinski definition) is 4. The Morgan fingerprint density at radius 3 is 2.85 bits per heavy atom. The molecule has 1 N–H and O–H groups in total. The van der Waals surface area contributed by atoms with Crippen molar-refractivity contribution in [1.82, 2.24) is 19.9 Å². The Kier molecular flexibility index (Phi) is 5.11. The molecular formula is C20H28N5O2+. The highest BCUT2D eigenvalue weighted by Crippen LogP contribution is 2.28. The van der Waals surface area contributed by atoms with Gasteiger partial charge in [-0.3, -0.25) is 4.79 Å². The van der Waals surface area contributed by atoms with Crippen LogP contribution in [0.1, 0.15) is 18.5 Å². The van der Waals surface area contributed by atoms with Gasteiger partial charge in [0.15, 0.2) is 0 Å². The number of benzene rings is 1. The average molecular weight is 370 g/mol. The van der Waals surface area contributed by atoms with Crippen molar-refractivity contribution in [2.24, 2.45) is 11.8 Å². The van der Waals surface area contributed by atoms with E-state index in [9.17, 15) is 4.79 Å². The largest absolute Gasteiger partial charge is 0.487 e. The van der Waals surface area contributed by atoms with Gasteiger partial charge in [0.25, 0.3) is 0 Å². The predicted molar refractivity (Wildman–Crippen MR) is 100 cm³/mol. The standard InChI is InChI=1S/C20H27N5O2/c1-23(2)20(26)19-13-24-9-8-15(19)10-17(24)12-25-11-16(21-22-25)14-27-18-6-4-3-5-7-18/h3-7,11,15,17,19H,8-10,12-14H2,1-2H3/p+1/t15-,17-,19+/m1/s1. The third-order valence-electron chi connectivity index (χ3n) is 5.93. The van der Waals surface area contributed by atoms with Crippen LogP contribution >= 0.6 is 0 Å². The number of quaternary nitrogens is 1. The molecule has 1 aromatic carbocycles. The van der Waals surface area contributed by atoms with Gasteiger partial charge in [0.2, 0.25) is 5.91 Å². The summed E-state index contributed by atoms with van der Waals surface area (Å²) >= 11 is 0. The third kappa shape index (κ3) is 3.98. The molecule has 5 rings (SSSR count). The van der Waals surface area contributed by atoms with E-state index in [0.29, 0.717) is 18.6 Å². The van der Waals surface area contributed by atoms with E-state index >= 15 is 0 Å². The molecule has 144 valence electrons. The fraction of sp³-hybridized carbons (Fsp3) is 0.550. The minimum Gasteiger partial charge on any atom is -0.487 e. The van der Waals surface area contributed by atoms with Crippen LogP contribution in [-0.2, 0) is 17.9 Å². The molecule has 2 bridgehead atoms. The first-order valence-electron chi connectivity index (χ1n) is 9.72. The number of carbonyl (C=O) groups is 1. The zero-order valence-corrected chi connectivity index (χ0v) is 16.0. The van der Waals surface area contributed by atoms with Gasteiger partial charge in [-0.1, -0.05) is 23.4 Å². The maximum atomic E-state index is 12.4. The molecule has 1 unspecified atom stereocenters. The lowest BCUT2D eigenvalue weighted by molar-refractivity contribution is -0.945. The quantitative estimate of drug-likeness (QED) is 0.791. The van der Waals surface area contributed by atoms with Gasteiger partial charge in [0, 0.05) is 26.9 Å². The molecule has 0 radical (unpaired) electrons. The van der Waals surface area contributed by atoms with Gasteiger partial charge in [-0.15, -0.1) is 5.10 Å². The Labute approximate surface area is 159 Å². The Balaban J connectivity index is 1.33. The fourth-order valence-electron chi connectivity index (χ4n) is 4.53. The van der Waals surface area contributed by atoms with Gasteiger partial charge in [-0.2, -0.15) is 0 Å². The highest BCUT2D eigenvalue weighted by molar-refractivity contribution is 5.78. The molecule has 7 heteroatoms. The lowest BCUT2D eigenvalue weighted by atomic mass is 9.75. The molecule has 27 heavy (non-hydrogen) atoms. The molecule has 2 aromatic rings. The number of para-hydroxylation sites is 1. The highest BCUT2D eigenvalue weighted by atomic mass is 16.5. The molecule has 3 saturated heterocycles. The minimum atomic E-state index is 0.186. The van der Waals surface area contributed by atoms with Crippen LogP contribution in [0, 0.1) is 11.8 Å². The third-order valence-corrected chi connectivity index (χ3v) is 5.93. The molecule has 0 spiro atoms. The van der Waals surface area contributed by atoms with E-state index in [4.69, 9.17) is 4.74 Å². The predicted octanol–water partition coefficient (Wildman–Crippen LogP) is 0.239. The van der Waals surface area contributed by atoms with Crippen molar-refractivity contribution >= 4 is 5.91 Å². The number of aromatic nitrogens is 3. The number of rotatable bonds is 6. The second-order valence-electron chi connectivity index (χ2n) is 7.97. The van der Waals surface area contributed by atoms with Gasteiger partial charge >= 0.3 is 0 Å². The SMILES string of the molecule is CN(C)C(=O)[C@H]1C[NH+]2CC[C@@H]1C[C@@H]2Cn1cc(COc2ccccc2)nn1. The summed E-state index contributed by atoms with van der Waals surface area (Å²) in [5.74, 6) is 1.82. The van der Waals surface area contributed by atoms with Crippen molar-refractivity contribution in [3.05, 3.63) is 42.2 Å². The van der Waals surface area contributed by atoms with Gasteiger partial charge in [0.05, 0.1) is 31.7 Å². The molecule has 1 amide bonds. The smallest absolute Gasteiger partial charge is 0.231 e. The van der Waals surface area contributed by atoms with Crippen molar-refractivity contribution in [2.45, 2.75) is 32.0 Å². The average Bonchev–Trinajstić information content (AvgIpc) is 3.14. The van der Waals surface area contributed by atoms with Crippen LogP contribution in [-0.4, -0.2) is 59.0 Å². The van der Waals surface area contributed by atoms with Crippen LogP contribution in [0.15, 0.2) is 36.5 Å². The summed E-state index contributed by atoms with van der Waals surface area (Å²) in [6.45, 7) is 3.39. The lowest BCUT2D eigenvalue weighted by Gasteiger charge is -2.46. The summed E-state index contributed by atoms with van der Waals surface area (Å²) in [5.41, 5.74) is 0.838. The van der Waals surface area contributed by atoms with Crippen LogP contribution in [0.5, 0.6) is 5.75 Å². The number of nitrogens with zero attached hydrogens (tertiary/aromatic N) is 4. The zero-order chi connectivity index (χ0) is 18.8. The summed E-state index contributed by atoms with van der Waals surface area (Å²) in [4.78, 5) is 15.7. The number of nitrogens with one attached hydrogen (secondary N) is 1. The van der Waals surface area contributed by atoms with Gasteiger partial charge in [-0.05, 0) is 18.1 Å². The molecule has 4 heterocycles. The van der Waals surface area contributed by atoms with Crippen molar-refractivity contribution in [3.63, 3.8) is 0 Å². The zero-order valence-electron chi connectivity index (χ0n) is 16.0. The summed E-state index contributed by atoms with van der Waals surface area (Å²) in [7, 11) is 3.72. The monoisotopic (exact) mass is 370 g/mol. The summed E-state index contributed by atoms with van der Waals surface area (Å²) in [5, 5.41) is 8.53. The first-order chi connectivity index (χ1) is 13.1. The van der Waals surface area contributed by atoms with Crippen LogP contribution in [0.3, 0.4) is 0 Å². The van der Waals surface area contributed by atoms with Crippen molar-refractivity contribution in [1.29, 1.82) is 0 Å². The van der Waals surface area contributed by atoms with E-state index in [0.717, 1.165) is 43.9 Å². The van der Waals surface area contributed by atoms with E-state index in [2.05, 4.69) is 10.3 Å². The maximum absolute atomic E-state index is 12.4. The van der Waals surface area contributed by atoms with Crippen LogP contribution in [0.2, 0.25) is 0 Å². The van der Waals surface area contributed by atoms with E-state index in [1.165, 1.54) is 4.90 Å². The Hall–Kier alpha value is -2.41. The Morgan fingerprint density at radius 2 is 2.15 bits per heavy atom. The van der Waals surface area contributed by atoms with E-state index in [1.54, 1.807) is 4.90 Å². The number of ether oxygens (including phenoxy) is 1. The topological polar surface area (TPSA) is 64.7 Å². The van der Waals surface area contributed by atoms with Gasteiger partial charge in [0.1, 0.15) is 24.1 Å². The number of piperidine rings is 3. The molecule has 3 aliphatic heterocycles. The first kappa shape index (κ1) is 18.0. The Morgan fingerprint density at radius 1 is 1.33 bits per heavy atom. The van der Waals surface area contributed by atoms with Crippen LogP contribution < -0.4 is 9.64 Å². The maximum Gasteiger partial charge on any atom is 0.231 e. The molecule has 4 atom stereocenters. The molecule has 7 nitrogen and oxygen atoms in total. The molecule has 3 fully saturated rings. The highest BCUT2D eigenvalue weighted by Gasteiger charge is 2.47. The Bertz CT molecular complexity index is 776. The van der Waals surface area contributed by atoms with Crippen LogP contribution in [0.4, 0.5) is 0 Å². The number of hydrogen-bond donors (Lipinski definition) is 1. The fourth-order valence-corrected chi connectivity index (χ4v) is 4.53. The number of fused-ring (bicyclic) bond motifs is 3. The second kappa shape index (κ2) is 7.68. The van der Waals surface area contributed by atoms with Crippen molar-refractivity contribution in [3.8, 4) is 5.75 Å². The van der Waals surface area contributed by atoms with Crippen molar-refractivity contribution in [2.75, 3.05) is 27.2 Å². The first-order valence-corrected chi connectivity index (χ1v) is 9.72. The number of carbonyl (C=O) groups excluding carboxylic acids is 1.